The molecule has 2 aliphatic heterocycles. The number of nitrogens with zero attached hydrogens (tertiary/aromatic N) is 1. The molecule has 0 spiro atoms. The maximum atomic E-state index is 13.0. The van der Waals surface area contributed by atoms with Gasteiger partial charge in [-0.05, 0) is 54.4 Å². The number of methoxy groups -OCH3 is 1. The molecular formula is C27H23N3O6. The van der Waals surface area contributed by atoms with E-state index in [4.69, 9.17) is 9.47 Å². The van der Waals surface area contributed by atoms with Crippen LogP contribution < -0.4 is 20.1 Å². The molecule has 2 N–H and O–H groups in total. The lowest BCUT2D eigenvalue weighted by atomic mass is 10.0. The second-order valence-electron chi connectivity index (χ2n) is 8.50. The van der Waals surface area contributed by atoms with Crippen molar-refractivity contribution in [1.82, 2.24) is 10.2 Å². The quantitative estimate of drug-likeness (QED) is 0.517. The summed E-state index contributed by atoms with van der Waals surface area (Å²) in [6, 6.07) is 18.5. The fourth-order valence-electron chi connectivity index (χ4n) is 4.40. The van der Waals surface area contributed by atoms with E-state index < -0.39 is 11.9 Å². The Balaban J connectivity index is 1.30. The van der Waals surface area contributed by atoms with Gasteiger partial charge in [-0.1, -0.05) is 18.2 Å². The highest BCUT2D eigenvalue weighted by molar-refractivity contribution is 6.08. The lowest BCUT2D eigenvalue weighted by Gasteiger charge is -2.29. The van der Waals surface area contributed by atoms with Crippen molar-refractivity contribution in [1.29, 1.82) is 0 Å². The van der Waals surface area contributed by atoms with Crippen molar-refractivity contribution >= 4 is 29.3 Å². The number of carbonyl (C=O) groups excluding carboxylic acids is 4. The summed E-state index contributed by atoms with van der Waals surface area (Å²) in [6.07, 6.45) is 0.479. The van der Waals surface area contributed by atoms with E-state index in [0.717, 1.165) is 0 Å². The number of amides is 4. The number of hydrogen-bond donors (Lipinski definition) is 2. The molecule has 1 saturated heterocycles. The number of para-hydroxylation sites is 1. The van der Waals surface area contributed by atoms with Crippen LogP contribution in [0.25, 0.3) is 0 Å². The summed E-state index contributed by atoms with van der Waals surface area (Å²) in [5.74, 6) is 0.0851. The topological polar surface area (TPSA) is 114 Å². The Morgan fingerprint density at radius 2 is 1.81 bits per heavy atom. The Hall–Kier alpha value is -4.66. The lowest BCUT2D eigenvalue weighted by molar-refractivity contribution is -0.136. The summed E-state index contributed by atoms with van der Waals surface area (Å²) in [5, 5.41) is 5.13. The Bertz CT molecular complexity index is 1370. The second-order valence-corrected chi connectivity index (χ2v) is 8.50. The molecule has 9 heteroatoms. The molecule has 0 radical (unpaired) electrons. The molecule has 2 aliphatic rings. The predicted octanol–water partition coefficient (Wildman–Crippen LogP) is 3.50. The van der Waals surface area contributed by atoms with Gasteiger partial charge in [-0.3, -0.25) is 24.5 Å². The van der Waals surface area contributed by atoms with Crippen LogP contribution in [0.3, 0.4) is 0 Å². The van der Waals surface area contributed by atoms with E-state index in [-0.39, 0.29) is 37.1 Å². The first-order chi connectivity index (χ1) is 17.4. The molecule has 182 valence electrons. The Morgan fingerprint density at radius 3 is 2.56 bits per heavy atom. The third-order valence-corrected chi connectivity index (χ3v) is 6.18. The van der Waals surface area contributed by atoms with Crippen molar-refractivity contribution in [2.75, 3.05) is 12.4 Å². The summed E-state index contributed by atoms with van der Waals surface area (Å²) >= 11 is 0. The number of piperidine rings is 1. The lowest BCUT2D eigenvalue weighted by Crippen LogP contribution is -2.52. The van der Waals surface area contributed by atoms with Gasteiger partial charge >= 0.3 is 0 Å². The number of nitrogens with one attached hydrogen (secondary N) is 2. The molecule has 2 heterocycles. The zero-order valence-electron chi connectivity index (χ0n) is 19.4. The number of benzene rings is 3. The SMILES string of the molecule is COc1cc(Oc2ccccc2)ccc1C(=O)Nc1ccc2c(c1)CN(C1CCC(=O)NC1=O)C2=O. The average Bonchev–Trinajstić information content (AvgIpc) is 3.19. The largest absolute Gasteiger partial charge is 0.496 e. The molecule has 0 aliphatic carbocycles. The Kier molecular flexibility index (Phi) is 6.12. The van der Waals surface area contributed by atoms with Gasteiger partial charge in [-0.15, -0.1) is 0 Å². The summed E-state index contributed by atoms with van der Waals surface area (Å²) in [5.41, 5.74) is 1.99. The highest BCUT2D eigenvalue weighted by atomic mass is 16.5. The van der Waals surface area contributed by atoms with Crippen LogP contribution in [0, 0.1) is 0 Å². The van der Waals surface area contributed by atoms with E-state index in [9.17, 15) is 19.2 Å². The van der Waals surface area contributed by atoms with E-state index in [1.165, 1.54) is 12.0 Å². The van der Waals surface area contributed by atoms with Crippen molar-refractivity contribution in [3.63, 3.8) is 0 Å². The molecule has 0 aromatic heterocycles. The normalized spacial score (nSPS) is 16.9. The molecule has 5 rings (SSSR count). The van der Waals surface area contributed by atoms with Crippen molar-refractivity contribution in [2.24, 2.45) is 0 Å². The molecule has 0 bridgehead atoms. The van der Waals surface area contributed by atoms with Gasteiger partial charge in [-0.2, -0.15) is 0 Å². The first-order valence-electron chi connectivity index (χ1n) is 11.4. The molecular weight excluding hydrogens is 462 g/mol. The van der Waals surface area contributed by atoms with Gasteiger partial charge < -0.3 is 19.7 Å². The third-order valence-electron chi connectivity index (χ3n) is 6.18. The molecule has 1 fully saturated rings. The summed E-state index contributed by atoms with van der Waals surface area (Å²) in [4.78, 5) is 51.0. The van der Waals surface area contributed by atoms with Crippen LogP contribution in [0.4, 0.5) is 5.69 Å². The van der Waals surface area contributed by atoms with Gasteiger partial charge in [0.15, 0.2) is 0 Å². The number of carbonyl (C=O) groups is 4. The summed E-state index contributed by atoms with van der Waals surface area (Å²) in [6.45, 7) is 0.221. The molecule has 3 aromatic rings. The van der Waals surface area contributed by atoms with E-state index in [1.54, 1.807) is 36.4 Å². The molecule has 0 saturated carbocycles. The van der Waals surface area contributed by atoms with Crippen LogP contribution in [0.15, 0.2) is 66.7 Å². The maximum absolute atomic E-state index is 13.0. The smallest absolute Gasteiger partial charge is 0.259 e. The number of fused-ring (bicyclic) bond motifs is 1. The average molecular weight is 485 g/mol. The van der Waals surface area contributed by atoms with Gasteiger partial charge in [0.25, 0.3) is 11.8 Å². The fourth-order valence-corrected chi connectivity index (χ4v) is 4.40. The molecule has 1 atom stereocenters. The molecule has 1 unspecified atom stereocenters. The molecule has 9 nitrogen and oxygen atoms in total. The van der Waals surface area contributed by atoms with Gasteiger partial charge in [0.2, 0.25) is 11.8 Å². The first kappa shape index (κ1) is 23.1. The van der Waals surface area contributed by atoms with Crippen LogP contribution in [-0.2, 0) is 16.1 Å². The first-order valence-corrected chi connectivity index (χ1v) is 11.4. The third kappa shape index (κ3) is 4.50. The van der Waals surface area contributed by atoms with Crippen molar-refractivity contribution in [3.05, 3.63) is 83.4 Å². The standard InChI is InChI=1S/C27H23N3O6/c1-35-23-14-19(36-18-5-3-2-4-6-18)8-10-21(23)25(32)28-17-7-9-20-16(13-17)15-30(27(20)34)22-11-12-24(31)29-26(22)33/h2-10,13-14,22H,11-12,15H2,1H3,(H,28,32)(H,29,31,33). The molecule has 36 heavy (non-hydrogen) atoms. The summed E-state index contributed by atoms with van der Waals surface area (Å²) in [7, 11) is 1.48. The molecule has 4 amide bonds. The van der Waals surface area contributed by atoms with Gasteiger partial charge in [0, 0.05) is 30.3 Å². The van der Waals surface area contributed by atoms with Gasteiger partial charge in [0.1, 0.15) is 23.3 Å². The van der Waals surface area contributed by atoms with Crippen molar-refractivity contribution < 1.29 is 28.7 Å². The number of imide groups is 1. The number of ether oxygens (including phenoxy) is 2. The van der Waals surface area contributed by atoms with Crippen LogP contribution in [-0.4, -0.2) is 41.7 Å². The van der Waals surface area contributed by atoms with Gasteiger partial charge in [0.05, 0.1) is 12.7 Å². The van der Waals surface area contributed by atoms with Crippen LogP contribution in [0.1, 0.15) is 39.1 Å². The minimum atomic E-state index is -0.693. The summed E-state index contributed by atoms with van der Waals surface area (Å²) < 4.78 is 11.2. The number of anilines is 1. The Morgan fingerprint density at radius 1 is 1.00 bits per heavy atom. The minimum absolute atomic E-state index is 0.189. The van der Waals surface area contributed by atoms with Gasteiger partial charge in [-0.25, -0.2) is 0 Å². The highest BCUT2D eigenvalue weighted by Gasteiger charge is 2.39. The van der Waals surface area contributed by atoms with E-state index >= 15 is 0 Å². The van der Waals surface area contributed by atoms with Crippen LogP contribution in [0.2, 0.25) is 0 Å². The fraction of sp³-hybridized carbons (Fsp3) is 0.185. The number of rotatable bonds is 6. The van der Waals surface area contributed by atoms with E-state index in [2.05, 4.69) is 10.6 Å². The molecule has 3 aromatic carbocycles. The van der Waals surface area contributed by atoms with E-state index in [1.807, 2.05) is 30.3 Å². The number of hydrogen-bond acceptors (Lipinski definition) is 6. The maximum Gasteiger partial charge on any atom is 0.259 e. The zero-order chi connectivity index (χ0) is 25.2. The van der Waals surface area contributed by atoms with Crippen LogP contribution >= 0.6 is 0 Å². The van der Waals surface area contributed by atoms with E-state index in [0.29, 0.717) is 39.6 Å². The monoisotopic (exact) mass is 485 g/mol. The Labute approximate surface area is 207 Å². The highest BCUT2D eigenvalue weighted by Crippen LogP contribution is 2.31. The zero-order valence-corrected chi connectivity index (χ0v) is 19.4. The predicted molar refractivity (Wildman–Crippen MR) is 130 cm³/mol. The van der Waals surface area contributed by atoms with Crippen molar-refractivity contribution in [2.45, 2.75) is 25.4 Å². The second kappa shape index (κ2) is 9.53. The van der Waals surface area contributed by atoms with Crippen LogP contribution in [0.5, 0.6) is 17.2 Å². The van der Waals surface area contributed by atoms with Crippen molar-refractivity contribution in [3.8, 4) is 17.2 Å². The minimum Gasteiger partial charge on any atom is -0.496 e.